The van der Waals surface area contributed by atoms with Crippen LogP contribution in [0.5, 0.6) is 5.75 Å². The summed E-state index contributed by atoms with van der Waals surface area (Å²) in [7, 11) is 0. The average Bonchev–Trinajstić information content (AvgIpc) is 2.41. The fourth-order valence-electron chi connectivity index (χ4n) is 1.57. The highest BCUT2D eigenvalue weighted by atomic mass is 35.5. The molecule has 0 spiro atoms. The van der Waals surface area contributed by atoms with E-state index in [-0.39, 0.29) is 22.9 Å². The lowest BCUT2D eigenvalue weighted by Crippen LogP contribution is -2.05. The molecular weight excluding hydrogens is 271 g/mol. The fraction of sp³-hybridized carbons (Fsp3) is 0.0714. The van der Waals surface area contributed by atoms with Crippen molar-refractivity contribution in [3.63, 3.8) is 0 Å². The zero-order valence-electron chi connectivity index (χ0n) is 9.77. The maximum absolute atomic E-state index is 13.8. The minimum atomic E-state index is -1.27. The molecule has 0 aliphatic heterocycles. The summed E-state index contributed by atoms with van der Waals surface area (Å²) in [4.78, 5) is 11.0. The largest absolute Gasteiger partial charge is 0.485 e. The third-order valence-electron chi connectivity index (χ3n) is 2.51. The van der Waals surface area contributed by atoms with Crippen LogP contribution in [0.25, 0.3) is 0 Å². The van der Waals surface area contributed by atoms with Gasteiger partial charge in [0.05, 0.1) is 5.02 Å². The van der Waals surface area contributed by atoms with Gasteiger partial charge in [0, 0.05) is 0 Å². The van der Waals surface area contributed by atoms with Crippen LogP contribution in [0.2, 0.25) is 5.02 Å². The van der Waals surface area contributed by atoms with Crippen LogP contribution in [-0.2, 0) is 6.61 Å². The molecule has 2 aromatic rings. The molecule has 0 aromatic heterocycles. The number of hydrogen-bond acceptors (Lipinski definition) is 2. The van der Waals surface area contributed by atoms with Gasteiger partial charge in [-0.25, -0.2) is 9.18 Å². The van der Waals surface area contributed by atoms with Gasteiger partial charge in [-0.1, -0.05) is 41.9 Å². The van der Waals surface area contributed by atoms with Gasteiger partial charge in [-0.15, -0.1) is 0 Å². The van der Waals surface area contributed by atoms with E-state index in [4.69, 9.17) is 21.4 Å². The van der Waals surface area contributed by atoms with Gasteiger partial charge in [-0.3, -0.25) is 0 Å². The van der Waals surface area contributed by atoms with Gasteiger partial charge < -0.3 is 9.84 Å². The molecule has 1 N–H and O–H groups in total. The second-order valence-electron chi connectivity index (χ2n) is 3.82. The highest BCUT2D eigenvalue weighted by Gasteiger charge is 2.18. The van der Waals surface area contributed by atoms with Gasteiger partial charge in [0.15, 0.2) is 11.6 Å². The number of carboxylic acid groups (broad SMARTS) is 1. The third kappa shape index (κ3) is 3.03. The number of benzene rings is 2. The molecule has 0 aliphatic rings. The van der Waals surface area contributed by atoms with Crippen molar-refractivity contribution in [2.75, 3.05) is 0 Å². The van der Waals surface area contributed by atoms with Crippen molar-refractivity contribution in [1.29, 1.82) is 0 Å². The van der Waals surface area contributed by atoms with Crippen LogP contribution in [0.1, 0.15) is 15.9 Å². The molecule has 0 aliphatic carbocycles. The predicted molar refractivity (Wildman–Crippen MR) is 69.1 cm³/mol. The molecule has 0 saturated heterocycles. The monoisotopic (exact) mass is 280 g/mol. The van der Waals surface area contributed by atoms with Crippen molar-refractivity contribution in [3.05, 3.63) is 64.4 Å². The Labute approximate surface area is 114 Å². The molecule has 0 amide bonds. The van der Waals surface area contributed by atoms with Crippen molar-refractivity contribution in [2.24, 2.45) is 0 Å². The summed E-state index contributed by atoms with van der Waals surface area (Å²) in [6.45, 7) is 0.0678. The van der Waals surface area contributed by atoms with E-state index in [1.54, 1.807) is 12.1 Å². The Kier molecular flexibility index (Phi) is 4.02. The lowest BCUT2D eigenvalue weighted by Gasteiger charge is -2.11. The Morgan fingerprint density at radius 3 is 2.53 bits per heavy atom. The minimum absolute atomic E-state index is 0.0678. The standard InChI is InChI=1S/C14H10ClFO3/c15-11-7-6-10(14(17)18)13(12(11)16)19-8-9-4-2-1-3-5-9/h1-7H,8H2,(H,17,18). The molecule has 98 valence electrons. The minimum Gasteiger partial charge on any atom is -0.485 e. The molecule has 5 heteroatoms. The second-order valence-corrected chi connectivity index (χ2v) is 4.22. The summed E-state index contributed by atoms with van der Waals surface area (Å²) >= 11 is 5.62. The average molecular weight is 281 g/mol. The number of carboxylic acids is 1. The number of ether oxygens (including phenoxy) is 1. The van der Waals surface area contributed by atoms with Crippen LogP contribution < -0.4 is 4.74 Å². The highest BCUT2D eigenvalue weighted by Crippen LogP contribution is 2.29. The number of halogens is 2. The van der Waals surface area contributed by atoms with Gasteiger partial charge in [0.25, 0.3) is 0 Å². The van der Waals surface area contributed by atoms with E-state index >= 15 is 0 Å². The maximum atomic E-state index is 13.8. The first-order chi connectivity index (χ1) is 9.09. The summed E-state index contributed by atoms with van der Waals surface area (Å²) in [5.74, 6) is -2.47. The normalized spacial score (nSPS) is 10.2. The quantitative estimate of drug-likeness (QED) is 0.927. The van der Waals surface area contributed by atoms with Gasteiger partial charge in [-0.05, 0) is 17.7 Å². The highest BCUT2D eigenvalue weighted by molar-refractivity contribution is 6.31. The van der Waals surface area contributed by atoms with Crippen LogP contribution in [0.4, 0.5) is 4.39 Å². The molecule has 2 rings (SSSR count). The van der Waals surface area contributed by atoms with Crippen molar-refractivity contribution in [1.82, 2.24) is 0 Å². The van der Waals surface area contributed by atoms with Crippen molar-refractivity contribution >= 4 is 17.6 Å². The van der Waals surface area contributed by atoms with Crippen molar-refractivity contribution in [3.8, 4) is 5.75 Å². The molecule has 0 heterocycles. The van der Waals surface area contributed by atoms with E-state index in [0.717, 1.165) is 5.56 Å². The Bertz CT molecular complexity index is 599. The number of rotatable bonds is 4. The van der Waals surface area contributed by atoms with Crippen LogP contribution in [-0.4, -0.2) is 11.1 Å². The van der Waals surface area contributed by atoms with E-state index in [1.807, 2.05) is 18.2 Å². The number of aromatic carboxylic acids is 1. The van der Waals surface area contributed by atoms with E-state index in [2.05, 4.69) is 0 Å². The van der Waals surface area contributed by atoms with Gasteiger partial charge in [0.2, 0.25) is 0 Å². The molecule has 0 fully saturated rings. The fourth-order valence-corrected chi connectivity index (χ4v) is 1.72. The van der Waals surface area contributed by atoms with E-state index in [9.17, 15) is 9.18 Å². The SMILES string of the molecule is O=C(O)c1ccc(Cl)c(F)c1OCc1ccccc1. The van der Waals surface area contributed by atoms with E-state index in [1.165, 1.54) is 12.1 Å². The van der Waals surface area contributed by atoms with Crippen LogP contribution in [0.3, 0.4) is 0 Å². The Morgan fingerprint density at radius 2 is 1.89 bits per heavy atom. The number of hydrogen-bond donors (Lipinski definition) is 1. The number of carbonyl (C=O) groups is 1. The molecule has 2 aromatic carbocycles. The lowest BCUT2D eigenvalue weighted by molar-refractivity contribution is 0.0690. The zero-order valence-corrected chi connectivity index (χ0v) is 10.5. The Balaban J connectivity index is 2.28. The molecule has 0 radical (unpaired) electrons. The van der Waals surface area contributed by atoms with Crippen molar-refractivity contribution < 1.29 is 19.0 Å². The van der Waals surface area contributed by atoms with Crippen LogP contribution >= 0.6 is 11.6 Å². The molecule has 0 saturated carbocycles. The van der Waals surface area contributed by atoms with Gasteiger partial charge in [-0.2, -0.15) is 0 Å². The smallest absolute Gasteiger partial charge is 0.339 e. The maximum Gasteiger partial charge on any atom is 0.339 e. The lowest BCUT2D eigenvalue weighted by atomic mass is 10.2. The summed E-state index contributed by atoms with van der Waals surface area (Å²) in [5.41, 5.74) is 0.552. The second kappa shape index (κ2) is 5.71. The van der Waals surface area contributed by atoms with Crippen LogP contribution in [0.15, 0.2) is 42.5 Å². The first-order valence-corrected chi connectivity index (χ1v) is 5.85. The molecule has 0 atom stereocenters. The molecule has 19 heavy (non-hydrogen) atoms. The summed E-state index contributed by atoms with van der Waals surface area (Å²) < 4.78 is 19.1. The van der Waals surface area contributed by atoms with Crippen molar-refractivity contribution in [2.45, 2.75) is 6.61 Å². The third-order valence-corrected chi connectivity index (χ3v) is 2.80. The zero-order chi connectivity index (χ0) is 13.8. The summed E-state index contributed by atoms with van der Waals surface area (Å²) in [6, 6.07) is 11.5. The van der Waals surface area contributed by atoms with Gasteiger partial charge in [0.1, 0.15) is 12.2 Å². The first-order valence-electron chi connectivity index (χ1n) is 5.47. The Morgan fingerprint density at radius 1 is 1.21 bits per heavy atom. The van der Waals surface area contributed by atoms with E-state index < -0.39 is 11.8 Å². The molecule has 0 unspecified atom stereocenters. The first kappa shape index (κ1) is 13.4. The molecule has 3 nitrogen and oxygen atoms in total. The Hall–Kier alpha value is -2.07. The summed E-state index contributed by atoms with van der Waals surface area (Å²) in [5, 5.41) is 8.82. The summed E-state index contributed by atoms with van der Waals surface area (Å²) in [6.07, 6.45) is 0. The van der Waals surface area contributed by atoms with E-state index in [0.29, 0.717) is 0 Å². The topological polar surface area (TPSA) is 46.5 Å². The van der Waals surface area contributed by atoms with Crippen LogP contribution in [0, 0.1) is 5.82 Å². The van der Waals surface area contributed by atoms with Gasteiger partial charge >= 0.3 is 5.97 Å². The molecule has 0 bridgehead atoms. The predicted octanol–water partition coefficient (Wildman–Crippen LogP) is 3.76. The molecular formula is C14H10ClFO3.